The van der Waals surface area contributed by atoms with Crippen LogP contribution < -0.4 is 10.6 Å². The van der Waals surface area contributed by atoms with Crippen molar-refractivity contribution in [3.63, 3.8) is 0 Å². The van der Waals surface area contributed by atoms with Crippen molar-refractivity contribution in [2.24, 2.45) is 0 Å². The Hall–Kier alpha value is -4.85. The van der Waals surface area contributed by atoms with Crippen molar-refractivity contribution in [3.8, 4) is 5.75 Å². The number of fused-ring (bicyclic) bond motifs is 1. The number of aromatic hydroxyl groups is 1. The number of rotatable bonds is 12. The number of aryl methyl sites for hydroxylation is 2. The topological polar surface area (TPSA) is 108 Å². The molecule has 0 aliphatic rings. The second-order valence-electron chi connectivity index (χ2n) is 13.1. The first-order chi connectivity index (χ1) is 22.3. The van der Waals surface area contributed by atoms with Crippen molar-refractivity contribution >= 4 is 34.4 Å². The van der Waals surface area contributed by atoms with Gasteiger partial charge in [-0.05, 0) is 92.8 Å². The average Bonchev–Trinajstić information content (AvgIpc) is 3.01. The quantitative estimate of drug-likeness (QED) is 0.137. The highest BCUT2D eigenvalue weighted by Gasteiger charge is 2.37. The summed E-state index contributed by atoms with van der Waals surface area (Å²) in [5.74, 6) is -0.658. The fraction of sp³-hybridized carbons (Fsp3) is 0.359. The lowest BCUT2D eigenvalue weighted by Gasteiger charge is -2.35. The van der Waals surface area contributed by atoms with Crippen molar-refractivity contribution in [2.45, 2.75) is 84.9 Å². The van der Waals surface area contributed by atoms with E-state index in [2.05, 4.69) is 17.6 Å². The summed E-state index contributed by atoms with van der Waals surface area (Å²) in [4.78, 5) is 43.9. The molecular weight excluding hydrogens is 590 g/mol. The number of ether oxygens (including phenoxy) is 1. The first kappa shape index (κ1) is 35.0. The van der Waals surface area contributed by atoms with E-state index in [0.29, 0.717) is 24.2 Å². The number of anilines is 1. The Morgan fingerprint density at radius 3 is 2.23 bits per heavy atom. The van der Waals surface area contributed by atoms with E-state index in [9.17, 15) is 19.5 Å². The Morgan fingerprint density at radius 2 is 1.57 bits per heavy atom. The van der Waals surface area contributed by atoms with Gasteiger partial charge in [0.2, 0.25) is 5.91 Å². The molecule has 0 radical (unpaired) electrons. The third kappa shape index (κ3) is 9.82. The second kappa shape index (κ2) is 15.6. The molecule has 4 aromatic rings. The number of carbonyl (C=O) groups excluding carboxylic acids is 3. The smallest absolute Gasteiger partial charge is 0.408 e. The van der Waals surface area contributed by atoms with Gasteiger partial charge in [0.05, 0.1) is 0 Å². The normalized spacial score (nSPS) is 12.6. The van der Waals surface area contributed by atoms with Crippen LogP contribution in [0, 0.1) is 13.8 Å². The minimum absolute atomic E-state index is 0.0955. The van der Waals surface area contributed by atoms with Crippen LogP contribution in [0.25, 0.3) is 10.8 Å². The van der Waals surface area contributed by atoms with Crippen molar-refractivity contribution < 1.29 is 24.2 Å². The maximum Gasteiger partial charge on any atom is 0.408 e. The van der Waals surface area contributed by atoms with E-state index in [0.717, 1.165) is 40.3 Å². The second-order valence-corrected chi connectivity index (χ2v) is 13.1. The lowest BCUT2D eigenvalue weighted by atomic mass is 9.95. The highest BCUT2D eigenvalue weighted by Crippen LogP contribution is 2.30. The monoisotopic (exact) mass is 637 g/mol. The molecule has 47 heavy (non-hydrogen) atoms. The number of alkyl carbamates (subject to hydrolysis) is 1. The Bertz CT molecular complexity index is 1690. The third-order valence-corrected chi connectivity index (χ3v) is 7.95. The third-order valence-electron chi connectivity index (χ3n) is 7.95. The predicted octanol–water partition coefficient (Wildman–Crippen LogP) is 8.00. The molecule has 8 heteroatoms. The minimum atomic E-state index is -1.04. The zero-order valence-corrected chi connectivity index (χ0v) is 28.3. The van der Waals surface area contributed by atoms with E-state index in [4.69, 9.17) is 4.74 Å². The molecule has 0 saturated carbocycles. The minimum Gasteiger partial charge on any atom is -0.508 e. The zero-order chi connectivity index (χ0) is 34.1. The summed E-state index contributed by atoms with van der Waals surface area (Å²) in [7, 11) is 0. The van der Waals surface area contributed by atoms with Gasteiger partial charge in [0.15, 0.2) is 0 Å². The number of phenols is 1. The molecule has 0 saturated heterocycles. The molecule has 248 valence electrons. The molecule has 0 bridgehead atoms. The van der Waals surface area contributed by atoms with E-state index < -0.39 is 29.7 Å². The van der Waals surface area contributed by atoms with Gasteiger partial charge in [-0.3, -0.25) is 9.59 Å². The van der Waals surface area contributed by atoms with Gasteiger partial charge < -0.3 is 25.4 Å². The number of benzene rings is 4. The first-order valence-electron chi connectivity index (χ1n) is 16.3. The predicted molar refractivity (Wildman–Crippen MR) is 187 cm³/mol. The molecule has 0 fully saturated rings. The molecule has 4 aromatic carbocycles. The Kier molecular flexibility index (Phi) is 11.6. The SMILES string of the molecule is CCCCCN(C(=O)C(Cc1ccc(O)cc1)NC(=O)OC(C)(C)C)C(C(=O)Nc1ccc2ccccc2c1)c1ccc(C)cc1C. The Balaban J connectivity index is 1.78. The molecular formula is C39H47N3O5. The van der Waals surface area contributed by atoms with Crippen LogP contribution >= 0.6 is 0 Å². The van der Waals surface area contributed by atoms with E-state index in [1.54, 1.807) is 49.9 Å². The summed E-state index contributed by atoms with van der Waals surface area (Å²) in [5, 5.41) is 17.8. The fourth-order valence-electron chi connectivity index (χ4n) is 5.68. The molecule has 0 spiro atoms. The van der Waals surface area contributed by atoms with E-state index in [-0.39, 0.29) is 18.1 Å². The summed E-state index contributed by atoms with van der Waals surface area (Å²) < 4.78 is 5.55. The van der Waals surface area contributed by atoms with Gasteiger partial charge in [0, 0.05) is 18.7 Å². The highest BCUT2D eigenvalue weighted by atomic mass is 16.6. The zero-order valence-electron chi connectivity index (χ0n) is 28.3. The molecule has 8 nitrogen and oxygen atoms in total. The summed E-state index contributed by atoms with van der Waals surface area (Å²) >= 11 is 0. The number of nitrogens with zero attached hydrogens (tertiary/aromatic N) is 1. The summed E-state index contributed by atoms with van der Waals surface area (Å²) in [6.07, 6.45) is 1.86. The lowest BCUT2D eigenvalue weighted by Crippen LogP contribution is -2.53. The largest absolute Gasteiger partial charge is 0.508 e. The van der Waals surface area contributed by atoms with Crippen LogP contribution in [0.1, 0.15) is 75.3 Å². The van der Waals surface area contributed by atoms with Gasteiger partial charge in [-0.2, -0.15) is 0 Å². The number of amides is 3. The van der Waals surface area contributed by atoms with Crippen LogP contribution in [0.4, 0.5) is 10.5 Å². The van der Waals surface area contributed by atoms with Crippen molar-refractivity contribution in [2.75, 3.05) is 11.9 Å². The summed E-state index contributed by atoms with van der Waals surface area (Å²) in [5.41, 5.74) is 3.21. The van der Waals surface area contributed by atoms with Crippen LogP contribution in [0.2, 0.25) is 0 Å². The summed E-state index contributed by atoms with van der Waals surface area (Å²) in [6, 6.07) is 24.0. The van der Waals surface area contributed by atoms with Gasteiger partial charge in [-0.1, -0.05) is 86.0 Å². The van der Waals surface area contributed by atoms with Crippen LogP contribution in [0.5, 0.6) is 5.75 Å². The van der Waals surface area contributed by atoms with Crippen LogP contribution in [0.15, 0.2) is 84.9 Å². The number of hydrogen-bond acceptors (Lipinski definition) is 5. The van der Waals surface area contributed by atoms with Gasteiger partial charge in [0.1, 0.15) is 23.4 Å². The van der Waals surface area contributed by atoms with Gasteiger partial charge in [-0.15, -0.1) is 0 Å². The molecule has 0 heterocycles. The molecule has 4 rings (SSSR count). The number of hydrogen-bond donors (Lipinski definition) is 3. The number of carbonyl (C=O) groups is 3. The molecule has 3 N–H and O–H groups in total. The number of unbranched alkanes of at least 4 members (excludes halogenated alkanes) is 2. The van der Waals surface area contributed by atoms with E-state index in [1.165, 1.54) is 0 Å². The molecule has 3 amide bonds. The average molecular weight is 638 g/mol. The first-order valence-corrected chi connectivity index (χ1v) is 16.3. The molecule has 0 aliphatic heterocycles. The molecule has 2 unspecified atom stereocenters. The standard InChI is InChI=1S/C39H47N3O5/c1-7-8-11-22-42(37(45)34(41-38(46)47-39(4,5)6)24-28-15-19-32(43)20-16-28)35(33-21-14-26(2)23-27(33)3)36(44)40-31-18-17-29-12-9-10-13-30(29)25-31/h9-10,12-21,23,25,34-35,43H,7-8,11,22,24H2,1-6H3,(H,40,44)(H,41,46). The highest BCUT2D eigenvalue weighted by molar-refractivity contribution is 6.00. The van der Waals surface area contributed by atoms with Crippen LogP contribution in [0.3, 0.4) is 0 Å². The summed E-state index contributed by atoms with van der Waals surface area (Å²) in [6.45, 7) is 11.6. The van der Waals surface area contributed by atoms with Crippen molar-refractivity contribution in [3.05, 3.63) is 107 Å². The Labute approximate surface area is 278 Å². The number of nitrogens with one attached hydrogen (secondary N) is 2. The fourth-order valence-corrected chi connectivity index (χ4v) is 5.68. The molecule has 0 aromatic heterocycles. The van der Waals surface area contributed by atoms with Crippen LogP contribution in [-0.2, 0) is 20.7 Å². The van der Waals surface area contributed by atoms with Gasteiger partial charge in [-0.25, -0.2) is 4.79 Å². The number of phenolic OH excluding ortho intramolecular Hbond substituents is 1. The van der Waals surface area contributed by atoms with Crippen molar-refractivity contribution in [1.82, 2.24) is 10.2 Å². The molecule has 2 atom stereocenters. The van der Waals surface area contributed by atoms with Gasteiger partial charge >= 0.3 is 6.09 Å². The van der Waals surface area contributed by atoms with Gasteiger partial charge in [0.25, 0.3) is 5.91 Å². The Morgan fingerprint density at radius 1 is 0.872 bits per heavy atom. The van der Waals surface area contributed by atoms with Crippen molar-refractivity contribution in [1.29, 1.82) is 0 Å². The maximum absolute atomic E-state index is 14.8. The van der Waals surface area contributed by atoms with E-state index >= 15 is 0 Å². The lowest BCUT2D eigenvalue weighted by molar-refractivity contribution is -0.140. The van der Waals surface area contributed by atoms with Crippen LogP contribution in [-0.4, -0.2) is 46.1 Å². The van der Waals surface area contributed by atoms with E-state index in [1.807, 2.05) is 74.5 Å². The maximum atomic E-state index is 14.8. The molecule has 0 aliphatic carbocycles.